The summed E-state index contributed by atoms with van der Waals surface area (Å²) >= 11 is 19.5. The molecule has 1 saturated carbocycles. The van der Waals surface area contributed by atoms with Gasteiger partial charge >= 0.3 is 0 Å². The molecule has 7 nitrogen and oxygen atoms in total. The fourth-order valence-corrected chi connectivity index (χ4v) is 7.74. The third-order valence-corrected chi connectivity index (χ3v) is 11.0. The highest BCUT2D eigenvalue weighted by molar-refractivity contribution is 7.92. The largest absolute Gasteiger partial charge is 0.352 e. The van der Waals surface area contributed by atoms with Crippen molar-refractivity contribution in [3.05, 3.63) is 129 Å². The van der Waals surface area contributed by atoms with E-state index in [-0.39, 0.29) is 45.5 Å². The Kier molecular flexibility index (Phi) is 11.3. The van der Waals surface area contributed by atoms with Crippen molar-refractivity contribution in [2.24, 2.45) is 0 Å². The summed E-state index contributed by atoms with van der Waals surface area (Å²) in [6, 6.07) is 27.9. The molecule has 2 amide bonds. The van der Waals surface area contributed by atoms with Crippen molar-refractivity contribution in [1.82, 2.24) is 10.2 Å². The van der Waals surface area contributed by atoms with Crippen LogP contribution in [0.2, 0.25) is 15.1 Å². The first-order valence-corrected chi connectivity index (χ1v) is 17.6. The summed E-state index contributed by atoms with van der Waals surface area (Å²) in [6.45, 7) is -0.680. The van der Waals surface area contributed by atoms with Crippen molar-refractivity contribution in [2.45, 2.75) is 55.6 Å². The van der Waals surface area contributed by atoms with Gasteiger partial charge in [0.15, 0.2) is 0 Å². The van der Waals surface area contributed by atoms with Gasteiger partial charge in [-0.1, -0.05) is 120 Å². The molecule has 11 heteroatoms. The van der Waals surface area contributed by atoms with Gasteiger partial charge in [0.05, 0.1) is 20.6 Å². The number of carbonyl (C=O) groups excluding carboxylic acids is 2. The lowest BCUT2D eigenvalue weighted by atomic mass is 10.0. The highest BCUT2D eigenvalue weighted by Crippen LogP contribution is 2.36. The average molecular weight is 699 g/mol. The van der Waals surface area contributed by atoms with Crippen LogP contribution in [0.1, 0.15) is 36.8 Å². The van der Waals surface area contributed by atoms with Crippen LogP contribution in [0, 0.1) is 0 Å². The second kappa shape index (κ2) is 15.4. The molecule has 0 spiro atoms. The van der Waals surface area contributed by atoms with Crippen LogP contribution in [0.25, 0.3) is 0 Å². The van der Waals surface area contributed by atoms with Gasteiger partial charge in [0.2, 0.25) is 11.8 Å². The third kappa shape index (κ3) is 8.04. The van der Waals surface area contributed by atoms with Crippen molar-refractivity contribution < 1.29 is 18.0 Å². The molecule has 1 aliphatic rings. The van der Waals surface area contributed by atoms with Crippen molar-refractivity contribution in [2.75, 3.05) is 10.8 Å². The van der Waals surface area contributed by atoms with Gasteiger partial charge in [0.1, 0.15) is 12.6 Å². The first kappa shape index (κ1) is 33.8. The standard InChI is InChI=1S/C35H34Cl3N3O4S/c36-29-19-10-7-14-26(29)23-40(32(22-25-12-3-1-4-13-25)35(43)39-27-15-8-9-16-27)33(42)24-41(31-21-11-20-30(37)34(31)38)46(44,45)28-17-5-2-6-18-28/h1-7,10-14,17-21,27,32H,8-9,15-16,22-24H2,(H,39,43)/t32-/m1/s1. The van der Waals surface area contributed by atoms with E-state index in [1.807, 2.05) is 30.3 Å². The Hall–Kier alpha value is -3.56. The zero-order valence-electron chi connectivity index (χ0n) is 25.0. The Labute approximate surface area is 285 Å². The van der Waals surface area contributed by atoms with E-state index in [1.165, 1.54) is 29.2 Å². The van der Waals surface area contributed by atoms with Crippen LogP contribution < -0.4 is 9.62 Å². The Morgan fingerprint density at radius 3 is 2.07 bits per heavy atom. The number of rotatable bonds is 12. The van der Waals surface area contributed by atoms with E-state index < -0.39 is 28.5 Å². The number of benzene rings is 4. The lowest BCUT2D eigenvalue weighted by Crippen LogP contribution is -2.54. The summed E-state index contributed by atoms with van der Waals surface area (Å²) in [7, 11) is -4.31. The summed E-state index contributed by atoms with van der Waals surface area (Å²) in [5.74, 6) is -0.924. The number of hydrogen-bond acceptors (Lipinski definition) is 4. The average Bonchev–Trinajstić information content (AvgIpc) is 3.57. The minimum Gasteiger partial charge on any atom is -0.352 e. The van der Waals surface area contributed by atoms with E-state index in [0.717, 1.165) is 35.6 Å². The number of carbonyl (C=O) groups is 2. The number of anilines is 1. The van der Waals surface area contributed by atoms with Crippen LogP contribution >= 0.6 is 34.8 Å². The Balaban J connectivity index is 1.59. The number of amides is 2. The van der Waals surface area contributed by atoms with Crippen LogP contribution in [-0.2, 0) is 32.6 Å². The zero-order valence-corrected chi connectivity index (χ0v) is 28.1. The fourth-order valence-electron chi connectivity index (χ4n) is 5.65. The molecule has 1 fully saturated rings. The van der Waals surface area contributed by atoms with E-state index in [1.54, 1.807) is 48.5 Å². The molecule has 1 N–H and O–H groups in total. The molecule has 240 valence electrons. The van der Waals surface area contributed by atoms with Crippen LogP contribution in [0.3, 0.4) is 0 Å². The molecule has 4 aromatic carbocycles. The van der Waals surface area contributed by atoms with E-state index in [2.05, 4.69) is 5.32 Å². The van der Waals surface area contributed by atoms with Gasteiger partial charge in [-0.2, -0.15) is 0 Å². The van der Waals surface area contributed by atoms with Crippen LogP contribution in [0.5, 0.6) is 0 Å². The van der Waals surface area contributed by atoms with Crippen molar-refractivity contribution in [3.63, 3.8) is 0 Å². The molecule has 0 heterocycles. The molecule has 1 aliphatic carbocycles. The summed E-state index contributed by atoms with van der Waals surface area (Å²) < 4.78 is 29.2. The van der Waals surface area contributed by atoms with Gasteiger partial charge in [0, 0.05) is 24.0 Å². The normalized spacial score (nSPS) is 14.1. The predicted octanol–water partition coefficient (Wildman–Crippen LogP) is 7.54. The Bertz CT molecular complexity index is 1770. The zero-order chi connectivity index (χ0) is 32.7. The second-order valence-corrected chi connectivity index (χ2v) is 14.3. The van der Waals surface area contributed by atoms with E-state index in [4.69, 9.17) is 34.8 Å². The minimum atomic E-state index is -4.31. The molecule has 4 aromatic rings. The summed E-state index contributed by atoms with van der Waals surface area (Å²) in [5, 5.41) is 3.69. The number of nitrogens with zero attached hydrogens (tertiary/aromatic N) is 2. The van der Waals surface area contributed by atoms with Crippen LogP contribution in [-0.4, -0.2) is 43.8 Å². The molecule has 0 saturated heterocycles. The van der Waals surface area contributed by atoms with Crippen molar-refractivity contribution in [3.8, 4) is 0 Å². The monoisotopic (exact) mass is 697 g/mol. The molecule has 0 aromatic heterocycles. The summed E-state index contributed by atoms with van der Waals surface area (Å²) in [6.07, 6.45) is 3.96. The molecule has 0 radical (unpaired) electrons. The molecular formula is C35H34Cl3N3O4S. The fraction of sp³-hybridized carbons (Fsp3) is 0.257. The quantitative estimate of drug-likeness (QED) is 0.166. The predicted molar refractivity (Wildman–Crippen MR) is 184 cm³/mol. The van der Waals surface area contributed by atoms with Gasteiger partial charge < -0.3 is 10.2 Å². The first-order chi connectivity index (χ1) is 22.1. The first-order valence-electron chi connectivity index (χ1n) is 15.0. The van der Waals surface area contributed by atoms with E-state index in [9.17, 15) is 18.0 Å². The van der Waals surface area contributed by atoms with Gasteiger partial charge in [-0.3, -0.25) is 13.9 Å². The van der Waals surface area contributed by atoms with Crippen LogP contribution in [0.4, 0.5) is 5.69 Å². The summed E-state index contributed by atoms with van der Waals surface area (Å²) in [5.41, 5.74) is 1.50. The lowest BCUT2D eigenvalue weighted by molar-refractivity contribution is -0.140. The molecule has 1 atom stereocenters. The maximum Gasteiger partial charge on any atom is 0.264 e. The SMILES string of the molecule is O=C(NC1CCCC1)[C@@H](Cc1ccccc1)N(Cc1ccccc1Cl)C(=O)CN(c1cccc(Cl)c1Cl)S(=O)(=O)c1ccccc1. The van der Waals surface area contributed by atoms with E-state index >= 15 is 0 Å². The second-order valence-electron chi connectivity index (χ2n) is 11.2. The maximum atomic E-state index is 14.6. The number of hydrogen-bond donors (Lipinski definition) is 1. The van der Waals surface area contributed by atoms with Crippen LogP contribution in [0.15, 0.2) is 108 Å². The van der Waals surface area contributed by atoms with Gasteiger partial charge in [-0.15, -0.1) is 0 Å². The maximum absolute atomic E-state index is 14.6. The van der Waals surface area contributed by atoms with E-state index in [0.29, 0.717) is 10.6 Å². The summed E-state index contributed by atoms with van der Waals surface area (Å²) in [4.78, 5) is 30.1. The topological polar surface area (TPSA) is 86.8 Å². The lowest BCUT2D eigenvalue weighted by Gasteiger charge is -2.34. The minimum absolute atomic E-state index is 0.00302. The third-order valence-electron chi connectivity index (χ3n) is 8.08. The molecule has 0 aliphatic heterocycles. The van der Waals surface area contributed by atoms with Gasteiger partial charge in [-0.05, 0) is 54.3 Å². The molecule has 0 bridgehead atoms. The molecular weight excluding hydrogens is 665 g/mol. The van der Waals surface area contributed by atoms with Crippen molar-refractivity contribution in [1.29, 1.82) is 0 Å². The molecule has 0 unspecified atom stereocenters. The smallest absolute Gasteiger partial charge is 0.264 e. The highest BCUT2D eigenvalue weighted by atomic mass is 35.5. The number of sulfonamides is 1. The van der Waals surface area contributed by atoms with Crippen molar-refractivity contribution >= 4 is 62.3 Å². The number of nitrogens with one attached hydrogen (secondary N) is 1. The van der Waals surface area contributed by atoms with Gasteiger partial charge in [-0.25, -0.2) is 8.42 Å². The van der Waals surface area contributed by atoms with Gasteiger partial charge in [0.25, 0.3) is 10.0 Å². The molecule has 5 rings (SSSR count). The number of halogens is 3. The molecule has 46 heavy (non-hydrogen) atoms. The Morgan fingerprint density at radius 2 is 1.39 bits per heavy atom. The highest BCUT2D eigenvalue weighted by Gasteiger charge is 2.36. The Morgan fingerprint density at radius 1 is 0.783 bits per heavy atom.